The van der Waals surface area contributed by atoms with Crippen LogP contribution in [0.1, 0.15) is 39.7 Å². The maximum absolute atomic E-state index is 11.8. The van der Waals surface area contributed by atoms with Crippen LogP contribution in [0.3, 0.4) is 0 Å². The van der Waals surface area contributed by atoms with Crippen molar-refractivity contribution < 1.29 is 8.42 Å². The van der Waals surface area contributed by atoms with Gasteiger partial charge < -0.3 is 0 Å². The second-order valence-corrected chi connectivity index (χ2v) is 7.72. The highest BCUT2D eigenvalue weighted by Gasteiger charge is 2.18. The molecule has 0 bridgehead atoms. The van der Waals surface area contributed by atoms with Crippen molar-refractivity contribution in [2.75, 3.05) is 12.3 Å². The van der Waals surface area contributed by atoms with Gasteiger partial charge in [-0.05, 0) is 32.8 Å². The Hall–Kier alpha value is -0.910. The van der Waals surface area contributed by atoms with Crippen molar-refractivity contribution in [3.63, 3.8) is 0 Å². The Morgan fingerprint density at radius 1 is 1.14 bits per heavy atom. The summed E-state index contributed by atoms with van der Waals surface area (Å²) in [5.41, 5.74) is 1.25. The van der Waals surface area contributed by atoms with Gasteiger partial charge in [-0.15, -0.1) is 0 Å². The topological polar surface area (TPSA) is 49.4 Å². The molecule has 1 aromatic carbocycles. The molecule has 21 heavy (non-hydrogen) atoms. The first-order valence-corrected chi connectivity index (χ1v) is 9.27. The van der Waals surface area contributed by atoms with Gasteiger partial charge in [0.05, 0.1) is 5.75 Å². The summed E-state index contributed by atoms with van der Waals surface area (Å²) in [4.78, 5) is 2.29. The minimum absolute atomic E-state index is 0.0901. The zero-order valence-electron chi connectivity index (χ0n) is 13.5. The van der Waals surface area contributed by atoms with Crippen molar-refractivity contribution in [1.29, 1.82) is 0 Å². The molecule has 1 N–H and O–H groups in total. The van der Waals surface area contributed by atoms with Gasteiger partial charge in [-0.3, -0.25) is 4.90 Å². The van der Waals surface area contributed by atoms with Gasteiger partial charge in [0.15, 0.2) is 0 Å². The summed E-state index contributed by atoms with van der Waals surface area (Å²) >= 11 is 0. The van der Waals surface area contributed by atoms with Crippen molar-refractivity contribution in [3.8, 4) is 0 Å². The first kappa shape index (κ1) is 18.1. The van der Waals surface area contributed by atoms with E-state index in [0.29, 0.717) is 19.0 Å². The van der Waals surface area contributed by atoms with Gasteiger partial charge in [0.1, 0.15) is 0 Å². The van der Waals surface area contributed by atoms with Gasteiger partial charge in [-0.1, -0.05) is 37.3 Å². The Morgan fingerprint density at radius 2 is 1.76 bits per heavy atom. The number of sulfonamides is 1. The molecular formula is C16H28N2O2S. The van der Waals surface area contributed by atoms with Gasteiger partial charge in [0.25, 0.3) is 0 Å². The Kier molecular flexibility index (Phi) is 7.35. The lowest BCUT2D eigenvalue weighted by molar-refractivity contribution is 0.199. The van der Waals surface area contributed by atoms with Crippen molar-refractivity contribution in [2.24, 2.45) is 0 Å². The fraction of sp³-hybridized carbons (Fsp3) is 0.625. The molecule has 1 atom stereocenters. The summed E-state index contributed by atoms with van der Waals surface area (Å²) in [5, 5.41) is 0. The number of hydrogen-bond acceptors (Lipinski definition) is 3. The molecule has 1 unspecified atom stereocenters. The van der Waals surface area contributed by atoms with Gasteiger partial charge in [-0.2, -0.15) is 0 Å². The molecule has 0 saturated carbocycles. The summed E-state index contributed by atoms with van der Waals surface area (Å²) in [6.45, 7) is 9.60. The lowest BCUT2D eigenvalue weighted by Gasteiger charge is -2.29. The monoisotopic (exact) mass is 312 g/mol. The Balaban J connectivity index is 2.62. The average Bonchev–Trinajstić information content (AvgIpc) is 2.38. The predicted octanol–water partition coefficient (Wildman–Crippen LogP) is 2.61. The Morgan fingerprint density at radius 3 is 2.29 bits per heavy atom. The molecule has 0 radical (unpaired) electrons. The van der Waals surface area contributed by atoms with Gasteiger partial charge in [0.2, 0.25) is 10.0 Å². The third-order valence-electron chi connectivity index (χ3n) is 3.32. The van der Waals surface area contributed by atoms with Crippen LogP contribution < -0.4 is 4.72 Å². The second kappa shape index (κ2) is 8.51. The molecule has 120 valence electrons. The zero-order chi connectivity index (χ0) is 15.9. The van der Waals surface area contributed by atoms with E-state index in [9.17, 15) is 8.42 Å². The normalized spacial score (nSPS) is 13.8. The molecule has 0 aliphatic carbocycles. The second-order valence-electron chi connectivity index (χ2n) is 5.85. The maximum Gasteiger partial charge on any atom is 0.211 e. The Labute approximate surface area is 129 Å². The number of rotatable bonds is 9. The third kappa shape index (κ3) is 7.07. The molecule has 0 heterocycles. The fourth-order valence-electron chi connectivity index (χ4n) is 2.30. The van der Waals surface area contributed by atoms with Crippen LogP contribution in [0.25, 0.3) is 0 Å². The molecule has 4 nitrogen and oxygen atoms in total. The quantitative estimate of drug-likeness (QED) is 0.762. The molecule has 0 spiro atoms. The summed E-state index contributed by atoms with van der Waals surface area (Å²) in [5.74, 6) is 0.192. The fourth-order valence-corrected chi connectivity index (χ4v) is 3.64. The van der Waals surface area contributed by atoms with Crippen LogP contribution in [0.5, 0.6) is 0 Å². The number of nitrogens with zero attached hydrogens (tertiary/aromatic N) is 1. The summed E-state index contributed by atoms with van der Waals surface area (Å²) in [6, 6.07) is 10.5. The van der Waals surface area contributed by atoms with Crippen LogP contribution in [0.2, 0.25) is 0 Å². The van der Waals surface area contributed by atoms with Gasteiger partial charge in [0, 0.05) is 25.2 Å². The minimum Gasteiger partial charge on any atom is -0.295 e. The van der Waals surface area contributed by atoms with Crippen LogP contribution in [0, 0.1) is 0 Å². The van der Waals surface area contributed by atoms with E-state index in [4.69, 9.17) is 0 Å². The van der Waals surface area contributed by atoms with Crippen molar-refractivity contribution in [1.82, 2.24) is 9.62 Å². The van der Waals surface area contributed by atoms with E-state index in [0.717, 1.165) is 6.54 Å². The molecule has 5 heteroatoms. The van der Waals surface area contributed by atoms with Gasteiger partial charge in [-0.25, -0.2) is 13.1 Å². The standard InChI is InChI=1S/C16H28N2O2S/c1-5-11-21(19,20)17-15(4)12-18(14(2)3)13-16-9-7-6-8-10-16/h6-10,14-15,17H,5,11-13H2,1-4H3. The molecule has 1 rings (SSSR count). The summed E-state index contributed by atoms with van der Waals surface area (Å²) in [7, 11) is -3.15. The zero-order valence-corrected chi connectivity index (χ0v) is 14.4. The van der Waals surface area contributed by atoms with E-state index in [-0.39, 0.29) is 11.8 Å². The number of hydrogen-bond donors (Lipinski definition) is 1. The molecule has 0 fully saturated rings. The molecular weight excluding hydrogens is 284 g/mol. The molecule has 0 aliphatic rings. The molecule has 0 aromatic heterocycles. The van der Waals surface area contributed by atoms with Crippen LogP contribution in [-0.4, -0.2) is 37.7 Å². The Bertz CT molecular complexity index is 500. The summed E-state index contributed by atoms with van der Waals surface area (Å²) in [6.07, 6.45) is 0.639. The van der Waals surface area contributed by atoms with E-state index >= 15 is 0 Å². The predicted molar refractivity (Wildman–Crippen MR) is 88.7 cm³/mol. The van der Waals surface area contributed by atoms with E-state index in [1.807, 2.05) is 32.0 Å². The number of benzene rings is 1. The third-order valence-corrected chi connectivity index (χ3v) is 5.03. The molecule has 0 saturated heterocycles. The highest BCUT2D eigenvalue weighted by molar-refractivity contribution is 7.89. The van der Waals surface area contributed by atoms with Crippen LogP contribution in [-0.2, 0) is 16.6 Å². The van der Waals surface area contributed by atoms with E-state index < -0.39 is 10.0 Å². The highest BCUT2D eigenvalue weighted by atomic mass is 32.2. The first-order chi connectivity index (χ1) is 9.84. The maximum atomic E-state index is 11.8. The highest BCUT2D eigenvalue weighted by Crippen LogP contribution is 2.09. The molecule has 0 amide bonds. The summed E-state index contributed by atoms with van der Waals surface area (Å²) < 4.78 is 26.4. The molecule has 1 aromatic rings. The SMILES string of the molecule is CCCS(=O)(=O)NC(C)CN(Cc1ccccc1)C(C)C. The van der Waals surface area contributed by atoms with E-state index in [2.05, 4.69) is 35.6 Å². The number of nitrogens with one attached hydrogen (secondary N) is 1. The van der Waals surface area contributed by atoms with E-state index in [1.165, 1.54) is 5.56 Å². The van der Waals surface area contributed by atoms with Gasteiger partial charge >= 0.3 is 0 Å². The largest absolute Gasteiger partial charge is 0.295 e. The molecule has 0 aliphatic heterocycles. The van der Waals surface area contributed by atoms with E-state index in [1.54, 1.807) is 0 Å². The van der Waals surface area contributed by atoms with Crippen molar-refractivity contribution in [3.05, 3.63) is 35.9 Å². The van der Waals surface area contributed by atoms with Crippen LogP contribution >= 0.6 is 0 Å². The average molecular weight is 312 g/mol. The lowest BCUT2D eigenvalue weighted by Crippen LogP contribution is -2.44. The van der Waals surface area contributed by atoms with Crippen LogP contribution in [0.4, 0.5) is 0 Å². The van der Waals surface area contributed by atoms with Crippen molar-refractivity contribution >= 4 is 10.0 Å². The lowest BCUT2D eigenvalue weighted by atomic mass is 10.1. The van der Waals surface area contributed by atoms with Crippen molar-refractivity contribution in [2.45, 2.75) is 52.7 Å². The first-order valence-electron chi connectivity index (χ1n) is 7.62. The smallest absolute Gasteiger partial charge is 0.211 e. The van der Waals surface area contributed by atoms with Crippen LogP contribution in [0.15, 0.2) is 30.3 Å². The minimum atomic E-state index is -3.15.